The maximum absolute atomic E-state index is 12.8. The highest BCUT2D eigenvalue weighted by Crippen LogP contribution is 2.27. The van der Waals surface area contributed by atoms with Crippen LogP contribution in [0.15, 0.2) is 36.4 Å². The van der Waals surface area contributed by atoms with Crippen molar-refractivity contribution in [1.29, 1.82) is 0 Å². The van der Waals surface area contributed by atoms with Gasteiger partial charge < -0.3 is 10.6 Å². The van der Waals surface area contributed by atoms with Gasteiger partial charge in [-0.05, 0) is 45.2 Å². The molecule has 6 heteroatoms. The van der Waals surface area contributed by atoms with E-state index in [1.807, 2.05) is 17.7 Å². The van der Waals surface area contributed by atoms with E-state index in [1.165, 1.54) is 5.56 Å². The zero-order valence-electron chi connectivity index (χ0n) is 16.9. The summed E-state index contributed by atoms with van der Waals surface area (Å²) in [5.41, 5.74) is 2.30. The van der Waals surface area contributed by atoms with E-state index in [4.69, 9.17) is 5.10 Å². The molecule has 2 N–H and O–H groups in total. The second kappa shape index (κ2) is 8.45. The van der Waals surface area contributed by atoms with Crippen molar-refractivity contribution >= 4 is 11.7 Å². The van der Waals surface area contributed by atoms with Crippen LogP contribution in [0.5, 0.6) is 0 Å². The molecule has 1 aromatic carbocycles. The van der Waals surface area contributed by atoms with Crippen LogP contribution >= 0.6 is 0 Å². The number of benzene rings is 1. The molecule has 3 atom stereocenters. The Labute approximate surface area is 167 Å². The molecule has 2 fully saturated rings. The van der Waals surface area contributed by atoms with E-state index in [1.54, 1.807) is 0 Å². The van der Waals surface area contributed by atoms with Gasteiger partial charge in [-0.1, -0.05) is 30.3 Å². The number of aryl methyl sites for hydroxylation is 1. The van der Waals surface area contributed by atoms with Crippen LogP contribution in [0.4, 0.5) is 5.82 Å². The van der Waals surface area contributed by atoms with E-state index < -0.39 is 0 Å². The first-order chi connectivity index (χ1) is 13.6. The molecule has 150 valence electrons. The largest absolute Gasteiger partial charge is 0.314 e. The van der Waals surface area contributed by atoms with E-state index in [0.29, 0.717) is 12.1 Å². The number of likely N-dealkylation sites (tertiary alicyclic amines) is 1. The summed E-state index contributed by atoms with van der Waals surface area (Å²) < 4.78 is 2.04. The molecule has 28 heavy (non-hydrogen) atoms. The molecule has 0 saturated carbocycles. The third-order valence-corrected chi connectivity index (χ3v) is 5.95. The van der Waals surface area contributed by atoms with Crippen molar-refractivity contribution in [3.63, 3.8) is 0 Å². The van der Waals surface area contributed by atoms with Gasteiger partial charge in [0.05, 0.1) is 11.7 Å². The average Bonchev–Trinajstić information content (AvgIpc) is 3.29. The Morgan fingerprint density at radius 1 is 1.29 bits per heavy atom. The lowest BCUT2D eigenvalue weighted by Gasteiger charge is -2.27. The molecule has 0 spiro atoms. The van der Waals surface area contributed by atoms with Crippen molar-refractivity contribution in [2.24, 2.45) is 5.92 Å². The van der Waals surface area contributed by atoms with Crippen LogP contribution < -0.4 is 10.6 Å². The van der Waals surface area contributed by atoms with Gasteiger partial charge >= 0.3 is 0 Å². The summed E-state index contributed by atoms with van der Waals surface area (Å²) in [7, 11) is 0. The molecule has 0 aliphatic carbocycles. The maximum Gasteiger partial charge on any atom is 0.228 e. The summed E-state index contributed by atoms with van der Waals surface area (Å²) in [4.78, 5) is 15.3. The van der Waals surface area contributed by atoms with Crippen LogP contribution in [0.3, 0.4) is 0 Å². The van der Waals surface area contributed by atoms with E-state index >= 15 is 0 Å². The number of piperidine rings is 1. The number of carbonyl (C=O) groups excluding carboxylic acids is 1. The van der Waals surface area contributed by atoms with Gasteiger partial charge in [-0.25, -0.2) is 4.68 Å². The van der Waals surface area contributed by atoms with E-state index in [9.17, 15) is 4.79 Å². The standard InChI is InChI=1S/C22H31N5O/c1-16-12-19(8-10-23-16)22(28)24-21-13-17(2)25-27(21)20-9-11-26(15-20)14-18-6-4-3-5-7-18/h3-7,13,16,19-20,23H,8-12,14-15H2,1-2H3,(H,24,28)/t16-,19-,20?/m0/s1. The van der Waals surface area contributed by atoms with Crippen molar-refractivity contribution in [2.75, 3.05) is 25.0 Å². The molecule has 0 radical (unpaired) electrons. The molecule has 1 amide bonds. The summed E-state index contributed by atoms with van der Waals surface area (Å²) >= 11 is 0. The fraction of sp³-hybridized carbons (Fsp3) is 0.545. The average molecular weight is 382 g/mol. The third-order valence-electron chi connectivity index (χ3n) is 5.95. The lowest BCUT2D eigenvalue weighted by molar-refractivity contribution is -0.120. The topological polar surface area (TPSA) is 62.2 Å². The number of nitrogens with one attached hydrogen (secondary N) is 2. The normalized spacial score (nSPS) is 25.7. The Hall–Kier alpha value is -2.18. The molecule has 6 nitrogen and oxygen atoms in total. The minimum Gasteiger partial charge on any atom is -0.314 e. The highest BCUT2D eigenvalue weighted by molar-refractivity contribution is 5.92. The Morgan fingerprint density at radius 3 is 2.89 bits per heavy atom. The number of aromatic nitrogens is 2. The molecule has 2 aliphatic heterocycles. The van der Waals surface area contributed by atoms with Gasteiger partial charge in [-0.2, -0.15) is 5.10 Å². The quantitative estimate of drug-likeness (QED) is 0.836. The minimum absolute atomic E-state index is 0.0815. The third kappa shape index (κ3) is 4.45. The van der Waals surface area contributed by atoms with Crippen LogP contribution in [0.2, 0.25) is 0 Å². The highest BCUT2D eigenvalue weighted by Gasteiger charge is 2.29. The maximum atomic E-state index is 12.8. The molecule has 1 unspecified atom stereocenters. The van der Waals surface area contributed by atoms with E-state index in [2.05, 4.69) is 52.8 Å². The molecule has 4 rings (SSSR count). The zero-order valence-corrected chi connectivity index (χ0v) is 16.9. The molecule has 0 bridgehead atoms. The highest BCUT2D eigenvalue weighted by atomic mass is 16.2. The minimum atomic E-state index is 0.0815. The van der Waals surface area contributed by atoms with Crippen LogP contribution in [-0.2, 0) is 11.3 Å². The monoisotopic (exact) mass is 381 g/mol. The van der Waals surface area contributed by atoms with Crippen LogP contribution in [0.1, 0.15) is 43.5 Å². The van der Waals surface area contributed by atoms with Crippen molar-refractivity contribution < 1.29 is 4.79 Å². The summed E-state index contributed by atoms with van der Waals surface area (Å²) in [5, 5.41) is 11.3. The molecule has 2 aromatic rings. The number of carbonyl (C=O) groups is 1. The summed E-state index contributed by atoms with van der Waals surface area (Å²) in [5.74, 6) is 1.06. The lowest BCUT2D eigenvalue weighted by atomic mass is 9.92. The number of hydrogen-bond donors (Lipinski definition) is 2. The van der Waals surface area contributed by atoms with Crippen LogP contribution in [-0.4, -0.2) is 46.3 Å². The summed E-state index contributed by atoms with van der Waals surface area (Å²) in [6.45, 7) is 8.03. The van der Waals surface area contributed by atoms with Crippen molar-refractivity contribution in [2.45, 2.75) is 51.7 Å². The molecule has 2 aliphatic rings. The molecular formula is C22H31N5O. The Bertz CT molecular complexity index is 803. The second-order valence-corrected chi connectivity index (χ2v) is 8.34. The Kier molecular flexibility index (Phi) is 5.78. The number of amides is 1. The SMILES string of the molecule is Cc1cc(NC(=O)[C@H]2CCN[C@@H](C)C2)n(C2CCN(Cc3ccccc3)C2)n1. The number of hydrogen-bond acceptors (Lipinski definition) is 4. The van der Waals surface area contributed by atoms with E-state index in [-0.39, 0.29) is 11.8 Å². The van der Waals surface area contributed by atoms with Crippen molar-refractivity contribution in [3.8, 4) is 0 Å². The summed E-state index contributed by atoms with van der Waals surface area (Å²) in [6, 6.07) is 13.3. The number of nitrogens with zero attached hydrogens (tertiary/aromatic N) is 3. The predicted octanol–water partition coefficient (Wildman–Crippen LogP) is 2.97. The zero-order chi connectivity index (χ0) is 19.5. The van der Waals surface area contributed by atoms with Crippen molar-refractivity contribution in [1.82, 2.24) is 20.0 Å². The van der Waals surface area contributed by atoms with E-state index in [0.717, 1.165) is 57.0 Å². The van der Waals surface area contributed by atoms with Gasteiger partial charge in [-0.15, -0.1) is 0 Å². The summed E-state index contributed by atoms with van der Waals surface area (Å²) in [6.07, 6.45) is 2.85. The van der Waals surface area contributed by atoms with Gasteiger partial charge in [0.15, 0.2) is 0 Å². The van der Waals surface area contributed by atoms with Gasteiger partial charge in [-0.3, -0.25) is 9.69 Å². The smallest absolute Gasteiger partial charge is 0.228 e. The first-order valence-electron chi connectivity index (χ1n) is 10.4. The first-order valence-corrected chi connectivity index (χ1v) is 10.4. The molecular weight excluding hydrogens is 350 g/mol. The van der Waals surface area contributed by atoms with Gasteiger partial charge in [0, 0.05) is 37.7 Å². The van der Waals surface area contributed by atoms with Gasteiger partial charge in [0.2, 0.25) is 5.91 Å². The number of rotatable bonds is 5. The fourth-order valence-electron chi connectivity index (χ4n) is 4.48. The Balaban J connectivity index is 1.41. The molecule has 1 aromatic heterocycles. The Morgan fingerprint density at radius 2 is 2.11 bits per heavy atom. The molecule has 3 heterocycles. The van der Waals surface area contributed by atoms with Crippen molar-refractivity contribution in [3.05, 3.63) is 47.7 Å². The number of anilines is 1. The fourth-order valence-corrected chi connectivity index (χ4v) is 4.48. The van der Waals surface area contributed by atoms with Gasteiger partial charge in [0.1, 0.15) is 5.82 Å². The van der Waals surface area contributed by atoms with Crippen LogP contribution in [0.25, 0.3) is 0 Å². The predicted molar refractivity (Wildman–Crippen MR) is 111 cm³/mol. The molecule has 2 saturated heterocycles. The second-order valence-electron chi connectivity index (χ2n) is 8.34. The lowest BCUT2D eigenvalue weighted by Crippen LogP contribution is -2.40. The first kappa shape index (κ1) is 19.2. The van der Waals surface area contributed by atoms with Gasteiger partial charge in [0.25, 0.3) is 0 Å². The van der Waals surface area contributed by atoms with Crippen LogP contribution in [0, 0.1) is 12.8 Å².